The minimum absolute atomic E-state index is 0.252. The molecule has 0 aromatic rings. The van der Waals surface area contributed by atoms with Crippen molar-refractivity contribution in [3.8, 4) is 0 Å². The highest BCUT2D eigenvalue weighted by Crippen LogP contribution is 2.67. The predicted molar refractivity (Wildman–Crippen MR) is 145 cm³/mol. The number of rotatable bonds is 6. The van der Waals surface area contributed by atoms with Gasteiger partial charge in [-0.25, -0.2) is 0 Å². The first-order chi connectivity index (χ1) is 15.6. The van der Waals surface area contributed by atoms with Crippen LogP contribution in [0.1, 0.15) is 98.8 Å². The molecule has 33 heavy (non-hydrogen) atoms. The van der Waals surface area contributed by atoms with E-state index in [4.69, 9.17) is 34.7 Å². The molecule has 186 valence electrons. The van der Waals surface area contributed by atoms with Crippen molar-refractivity contribution >= 4 is 34.6 Å². The average Bonchev–Trinajstić information content (AvgIpc) is 3.09. The molecule has 0 spiro atoms. The van der Waals surface area contributed by atoms with Crippen LogP contribution in [0.4, 0.5) is 0 Å². The number of halogens is 1. The van der Waals surface area contributed by atoms with Gasteiger partial charge in [0.15, 0.2) is 5.11 Å². The van der Waals surface area contributed by atoms with E-state index in [1.165, 1.54) is 62.7 Å². The first-order valence-electron chi connectivity index (χ1n) is 13.5. The summed E-state index contributed by atoms with van der Waals surface area (Å²) in [5, 5.41) is 5.33. The number of thiocarbonyl (C=S) groups is 1. The summed E-state index contributed by atoms with van der Waals surface area (Å²) in [5.74, 6) is 4.30. The van der Waals surface area contributed by atoms with E-state index in [9.17, 15) is 0 Å². The lowest BCUT2D eigenvalue weighted by atomic mass is 9.46. The molecule has 0 aromatic heterocycles. The number of alkyl halides is 1. The third-order valence-corrected chi connectivity index (χ3v) is 10.9. The highest BCUT2D eigenvalue weighted by molar-refractivity contribution is 7.80. The third kappa shape index (κ3) is 4.77. The number of nitrogens with two attached hydrogens (primary N) is 1. The fourth-order valence-electron chi connectivity index (χ4n) is 8.63. The molecule has 0 unspecified atom stereocenters. The maximum absolute atomic E-state index is 6.64. The number of hydrazone groups is 1. The third-order valence-electron chi connectivity index (χ3n) is 10.4. The number of hydrogen-bond donors (Lipinski definition) is 2. The van der Waals surface area contributed by atoms with Gasteiger partial charge in [0.05, 0.1) is 5.71 Å². The Morgan fingerprint density at radius 2 is 1.91 bits per heavy atom. The van der Waals surface area contributed by atoms with E-state index < -0.39 is 0 Å². The lowest BCUT2D eigenvalue weighted by Crippen LogP contribution is -2.54. The minimum atomic E-state index is 0.252. The van der Waals surface area contributed by atoms with E-state index in [0.717, 1.165) is 30.6 Å². The van der Waals surface area contributed by atoms with Crippen molar-refractivity contribution in [1.29, 1.82) is 0 Å². The van der Waals surface area contributed by atoms with Gasteiger partial charge in [0.2, 0.25) is 0 Å². The molecule has 0 saturated heterocycles. The summed E-state index contributed by atoms with van der Waals surface area (Å²) in [6, 6.07) is 0. The van der Waals surface area contributed by atoms with E-state index in [1.54, 1.807) is 0 Å². The molecule has 4 aliphatic rings. The summed E-state index contributed by atoms with van der Waals surface area (Å²) in [4.78, 5) is 0. The Balaban J connectivity index is 1.63. The Morgan fingerprint density at radius 3 is 2.61 bits per heavy atom. The van der Waals surface area contributed by atoms with Crippen LogP contribution in [0, 0.1) is 46.3 Å². The van der Waals surface area contributed by atoms with Crippen LogP contribution in [0.15, 0.2) is 16.8 Å². The first-order valence-corrected chi connectivity index (χ1v) is 14.4. The Hall–Kier alpha value is -0.610. The maximum atomic E-state index is 6.64. The Morgan fingerprint density at radius 1 is 1.15 bits per heavy atom. The summed E-state index contributed by atoms with van der Waals surface area (Å²) in [6.45, 7) is 12.4. The van der Waals surface area contributed by atoms with Gasteiger partial charge in [0, 0.05) is 11.3 Å². The van der Waals surface area contributed by atoms with Gasteiger partial charge in [-0.05, 0) is 104 Å². The first kappa shape index (κ1) is 25.5. The molecule has 3 N–H and O–H groups in total. The molecule has 8 atom stereocenters. The molecular formula is C28H46ClN3S. The summed E-state index contributed by atoms with van der Waals surface area (Å²) in [7, 11) is 0. The van der Waals surface area contributed by atoms with Gasteiger partial charge in [0.1, 0.15) is 0 Å². The van der Waals surface area contributed by atoms with Crippen LogP contribution in [-0.4, -0.2) is 16.2 Å². The van der Waals surface area contributed by atoms with Crippen LogP contribution < -0.4 is 11.2 Å². The molecule has 3 saturated carbocycles. The van der Waals surface area contributed by atoms with Gasteiger partial charge in [-0.2, -0.15) is 5.10 Å². The average molecular weight is 492 g/mol. The molecule has 0 heterocycles. The molecule has 4 aliphatic carbocycles. The van der Waals surface area contributed by atoms with Crippen molar-refractivity contribution in [1.82, 2.24) is 5.43 Å². The van der Waals surface area contributed by atoms with E-state index in [-0.39, 0.29) is 15.9 Å². The summed E-state index contributed by atoms with van der Waals surface area (Å²) >= 11 is 11.7. The van der Waals surface area contributed by atoms with Crippen LogP contribution >= 0.6 is 23.8 Å². The Labute approximate surface area is 212 Å². The molecule has 3 fully saturated rings. The van der Waals surface area contributed by atoms with Crippen molar-refractivity contribution in [3.05, 3.63) is 11.6 Å². The summed E-state index contributed by atoms with van der Waals surface area (Å²) < 4.78 is 0. The molecule has 3 nitrogen and oxygen atoms in total. The number of fused-ring (bicyclic) bond motifs is 5. The number of allylic oxidation sites excluding steroid dienone is 2. The maximum Gasteiger partial charge on any atom is 0.184 e. The lowest BCUT2D eigenvalue weighted by molar-refractivity contribution is -0.0213. The Kier molecular flexibility index (Phi) is 7.57. The zero-order valence-corrected chi connectivity index (χ0v) is 23.1. The molecule has 0 amide bonds. The van der Waals surface area contributed by atoms with E-state index >= 15 is 0 Å². The normalized spacial score (nSPS) is 42.3. The summed E-state index contributed by atoms with van der Waals surface area (Å²) in [5.41, 5.74) is 12.1. The van der Waals surface area contributed by atoms with Gasteiger partial charge in [-0.15, -0.1) is 11.6 Å². The smallest absolute Gasteiger partial charge is 0.184 e. The molecule has 0 bridgehead atoms. The van der Waals surface area contributed by atoms with Crippen molar-refractivity contribution in [2.24, 2.45) is 57.2 Å². The van der Waals surface area contributed by atoms with Gasteiger partial charge in [-0.1, -0.05) is 59.5 Å². The SMILES string of the molecule is CC(C)CCC[C@@H](C)[C@H]1CC[C@H]2[C@@H]3/C(=N\NC(N)=S)C=C4C[C@@H](Cl)CC[C@]4(C)[C@H]3CC[C@]12C. The molecule has 4 rings (SSSR count). The van der Waals surface area contributed by atoms with Gasteiger partial charge in [-0.3, -0.25) is 5.43 Å². The standard InChI is InChI=1S/C28H46ClN3S/c1-17(2)7-6-8-18(3)21-9-10-22-25-23(12-14-28(21,22)5)27(4)13-11-20(29)15-19(27)16-24(25)31-32-26(30)33/h16-18,20-23,25H,6-15H2,1-5H3,(H3,30,32,33)/b31-24-/t18-,20+,21-,22+,23+,25+,27+,28-/m1/s1. The minimum Gasteiger partial charge on any atom is -0.375 e. The van der Waals surface area contributed by atoms with E-state index in [1.807, 2.05) is 0 Å². The number of hydrogen-bond acceptors (Lipinski definition) is 2. The lowest BCUT2D eigenvalue weighted by Gasteiger charge is -2.58. The predicted octanol–water partition coefficient (Wildman–Crippen LogP) is 7.43. The molecule has 5 heteroatoms. The second-order valence-electron chi connectivity index (χ2n) is 12.7. The van der Waals surface area contributed by atoms with Crippen molar-refractivity contribution in [2.75, 3.05) is 0 Å². The van der Waals surface area contributed by atoms with Crippen LogP contribution in [-0.2, 0) is 0 Å². The van der Waals surface area contributed by atoms with Gasteiger partial charge < -0.3 is 5.73 Å². The van der Waals surface area contributed by atoms with Crippen molar-refractivity contribution in [3.63, 3.8) is 0 Å². The van der Waals surface area contributed by atoms with Crippen molar-refractivity contribution in [2.45, 2.75) is 104 Å². The largest absolute Gasteiger partial charge is 0.375 e. The van der Waals surface area contributed by atoms with E-state index in [0.29, 0.717) is 23.2 Å². The van der Waals surface area contributed by atoms with Crippen LogP contribution in [0.25, 0.3) is 0 Å². The fraction of sp³-hybridized carbons (Fsp3) is 0.857. The highest BCUT2D eigenvalue weighted by Gasteiger charge is 2.60. The topological polar surface area (TPSA) is 50.4 Å². The number of nitrogens with zero attached hydrogens (tertiary/aromatic N) is 1. The van der Waals surface area contributed by atoms with Gasteiger partial charge in [0.25, 0.3) is 0 Å². The van der Waals surface area contributed by atoms with Crippen LogP contribution in [0.3, 0.4) is 0 Å². The quantitative estimate of drug-likeness (QED) is 0.230. The van der Waals surface area contributed by atoms with Crippen molar-refractivity contribution < 1.29 is 0 Å². The zero-order chi connectivity index (χ0) is 24.0. The zero-order valence-electron chi connectivity index (χ0n) is 21.5. The monoisotopic (exact) mass is 491 g/mol. The molecule has 0 radical (unpaired) electrons. The number of nitrogens with one attached hydrogen (secondary N) is 1. The van der Waals surface area contributed by atoms with Crippen LogP contribution in [0.5, 0.6) is 0 Å². The molecule has 0 aromatic carbocycles. The fourth-order valence-corrected chi connectivity index (χ4v) is 8.95. The highest BCUT2D eigenvalue weighted by atomic mass is 35.5. The Bertz CT molecular complexity index is 807. The summed E-state index contributed by atoms with van der Waals surface area (Å²) in [6.07, 6.45) is 15.2. The second-order valence-corrected chi connectivity index (χ2v) is 13.8. The van der Waals surface area contributed by atoms with E-state index in [2.05, 4.69) is 46.1 Å². The van der Waals surface area contributed by atoms with Crippen LogP contribution in [0.2, 0.25) is 0 Å². The molecular weight excluding hydrogens is 446 g/mol. The second kappa shape index (κ2) is 9.80. The molecule has 0 aliphatic heterocycles. The van der Waals surface area contributed by atoms with Gasteiger partial charge >= 0.3 is 0 Å².